The van der Waals surface area contributed by atoms with E-state index in [4.69, 9.17) is 15.3 Å². The molecule has 0 saturated carbocycles. The number of benzene rings is 1. The van der Waals surface area contributed by atoms with Gasteiger partial charge in [0.1, 0.15) is 23.5 Å². The first-order valence-corrected chi connectivity index (χ1v) is 5.76. The largest absolute Gasteiger partial charge is 0.490 e. The first-order valence-electron chi connectivity index (χ1n) is 5.76. The lowest BCUT2D eigenvalue weighted by Crippen LogP contribution is -2.01. The lowest BCUT2D eigenvalue weighted by Gasteiger charge is -2.10. The third kappa shape index (κ3) is 4.08. The summed E-state index contributed by atoms with van der Waals surface area (Å²) in [7, 11) is 0. The van der Waals surface area contributed by atoms with Crippen LogP contribution in [0.3, 0.4) is 0 Å². The van der Waals surface area contributed by atoms with Crippen LogP contribution in [0.5, 0.6) is 5.75 Å². The van der Waals surface area contributed by atoms with Gasteiger partial charge >= 0.3 is 0 Å². The molecule has 19 heavy (non-hydrogen) atoms. The van der Waals surface area contributed by atoms with E-state index in [1.165, 1.54) is 0 Å². The van der Waals surface area contributed by atoms with Crippen LogP contribution in [0, 0.1) is 34.3 Å². The second kappa shape index (κ2) is 7.13. The van der Waals surface area contributed by atoms with Gasteiger partial charge < -0.3 is 4.74 Å². The van der Waals surface area contributed by atoms with Crippen LogP contribution in [0.15, 0.2) is 17.7 Å². The minimum absolute atomic E-state index is 0.0479. The molecule has 0 aliphatic rings. The number of hydrogen-bond donors (Lipinski definition) is 0. The van der Waals surface area contributed by atoms with E-state index in [1.54, 1.807) is 12.1 Å². The van der Waals surface area contributed by atoms with Gasteiger partial charge in [0.05, 0.1) is 6.61 Å². The summed E-state index contributed by atoms with van der Waals surface area (Å²) >= 11 is 0. The Kier molecular flexibility index (Phi) is 5.50. The quantitative estimate of drug-likeness (QED) is 0.602. The maximum absolute atomic E-state index is 13.6. The van der Waals surface area contributed by atoms with Crippen LogP contribution in [0.1, 0.15) is 25.3 Å². The van der Waals surface area contributed by atoms with Gasteiger partial charge in [0.15, 0.2) is 11.6 Å². The number of nitrogens with zero attached hydrogens (tertiary/aromatic N) is 2. The highest BCUT2D eigenvalue weighted by atomic mass is 19.1. The van der Waals surface area contributed by atoms with Crippen molar-refractivity contribution in [2.75, 3.05) is 6.61 Å². The van der Waals surface area contributed by atoms with E-state index < -0.39 is 11.6 Å². The molecule has 1 rings (SSSR count). The summed E-state index contributed by atoms with van der Waals surface area (Å²) in [6.45, 7) is 2.24. The van der Waals surface area contributed by atoms with Gasteiger partial charge in [-0.15, -0.1) is 0 Å². The predicted octanol–water partition coefficient (Wildman–Crippen LogP) is 3.57. The monoisotopic (exact) mass is 262 g/mol. The van der Waals surface area contributed by atoms with E-state index in [0.717, 1.165) is 25.0 Å². The van der Waals surface area contributed by atoms with E-state index in [9.17, 15) is 8.78 Å². The Bertz CT molecular complexity index is 552. The smallest absolute Gasteiger partial charge is 0.168 e. The molecule has 3 nitrogen and oxygen atoms in total. The number of rotatable bonds is 5. The highest BCUT2D eigenvalue weighted by Crippen LogP contribution is 2.26. The average Bonchev–Trinajstić information content (AvgIpc) is 2.38. The third-order valence-corrected chi connectivity index (χ3v) is 2.32. The maximum Gasteiger partial charge on any atom is 0.168 e. The fourth-order valence-corrected chi connectivity index (χ4v) is 1.40. The van der Waals surface area contributed by atoms with Crippen molar-refractivity contribution in [3.05, 3.63) is 34.9 Å². The number of allylic oxidation sites excluding steroid dienone is 1. The molecule has 0 atom stereocenters. The molecule has 98 valence electrons. The first kappa shape index (κ1) is 14.7. The zero-order chi connectivity index (χ0) is 14.3. The van der Waals surface area contributed by atoms with Crippen molar-refractivity contribution >= 4 is 6.08 Å². The minimum Gasteiger partial charge on any atom is -0.490 e. The SMILES string of the molecule is CCCCOc1c(F)cc(F)cc1C=C(C#N)C#N. The second-order valence-corrected chi connectivity index (χ2v) is 3.79. The van der Waals surface area contributed by atoms with Crippen molar-refractivity contribution in [3.8, 4) is 17.9 Å². The summed E-state index contributed by atoms with van der Waals surface area (Å²) in [5, 5.41) is 17.3. The van der Waals surface area contributed by atoms with Crippen molar-refractivity contribution in [2.24, 2.45) is 0 Å². The standard InChI is InChI=1S/C14H12F2N2O/c1-2-3-4-19-14-11(5-10(8-17)9-18)6-12(15)7-13(14)16/h5-7H,2-4H2,1H3. The minimum atomic E-state index is -0.849. The lowest BCUT2D eigenvalue weighted by molar-refractivity contribution is 0.292. The van der Waals surface area contributed by atoms with Crippen molar-refractivity contribution in [1.82, 2.24) is 0 Å². The molecule has 0 saturated heterocycles. The topological polar surface area (TPSA) is 56.8 Å². The summed E-state index contributed by atoms with van der Waals surface area (Å²) in [4.78, 5) is 0. The molecule has 0 aromatic heterocycles. The fourth-order valence-electron chi connectivity index (χ4n) is 1.40. The Morgan fingerprint density at radius 1 is 1.32 bits per heavy atom. The van der Waals surface area contributed by atoms with Gasteiger partial charge in [-0.05, 0) is 18.6 Å². The molecule has 0 amide bonds. The van der Waals surface area contributed by atoms with Crippen molar-refractivity contribution in [1.29, 1.82) is 10.5 Å². The molecule has 0 N–H and O–H groups in total. The molecule has 5 heteroatoms. The van der Waals surface area contributed by atoms with E-state index in [-0.39, 0.29) is 23.5 Å². The van der Waals surface area contributed by atoms with Crippen LogP contribution < -0.4 is 4.74 Å². The Hall–Kier alpha value is -2.40. The molecule has 0 bridgehead atoms. The zero-order valence-electron chi connectivity index (χ0n) is 10.4. The Morgan fingerprint density at radius 2 is 2.00 bits per heavy atom. The summed E-state index contributed by atoms with van der Waals surface area (Å²) in [6.07, 6.45) is 2.70. The molecule has 0 radical (unpaired) electrons. The average molecular weight is 262 g/mol. The van der Waals surface area contributed by atoms with Gasteiger partial charge in [0.25, 0.3) is 0 Å². The predicted molar refractivity (Wildman–Crippen MR) is 66.0 cm³/mol. The number of nitriles is 2. The van der Waals surface area contributed by atoms with Crippen LogP contribution in [-0.4, -0.2) is 6.61 Å². The molecule has 1 aromatic rings. The molecule has 1 aromatic carbocycles. The van der Waals surface area contributed by atoms with Crippen LogP contribution >= 0.6 is 0 Å². The van der Waals surface area contributed by atoms with Crippen LogP contribution in [0.4, 0.5) is 8.78 Å². The van der Waals surface area contributed by atoms with Gasteiger partial charge in [0.2, 0.25) is 0 Å². The van der Waals surface area contributed by atoms with Gasteiger partial charge in [-0.25, -0.2) is 8.78 Å². The lowest BCUT2D eigenvalue weighted by atomic mass is 10.1. The molecule has 0 unspecified atom stereocenters. The van der Waals surface area contributed by atoms with E-state index in [1.807, 2.05) is 6.92 Å². The molecule has 0 fully saturated rings. The Morgan fingerprint density at radius 3 is 2.58 bits per heavy atom. The molecule has 0 heterocycles. The molecular formula is C14H12F2N2O. The first-order chi connectivity index (χ1) is 9.12. The maximum atomic E-state index is 13.6. The second-order valence-electron chi connectivity index (χ2n) is 3.79. The Balaban J connectivity index is 3.18. The van der Waals surface area contributed by atoms with Gasteiger partial charge in [0, 0.05) is 11.6 Å². The van der Waals surface area contributed by atoms with Crippen molar-refractivity contribution < 1.29 is 13.5 Å². The Labute approximate surface area is 110 Å². The van der Waals surface area contributed by atoms with Gasteiger partial charge in [-0.1, -0.05) is 13.3 Å². The van der Waals surface area contributed by atoms with Crippen LogP contribution in [0.25, 0.3) is 6.08 Å². The van der Waals surface area contributed by atoms with Crippen LogP contribution in [-0.2, 0) is 0 Å². The third-order valence-electron chi connectivity index (χ3n) is 2.32. The summed E-state index contributed by atoms with van der Waals surface area (Å²) in [5.41, 5.74) is -0.197. The highest BCUT2D eigenvalue weighted by molar-refractivity contribution is 5.66. The summed E-state index contributed by atoms with van der Waals surface area (Å²) in [5.74, 6) is -1.78. The van der Waals surface area contributed by atoms with E-state index in [2.05, 4.69) is 0 Å². The van der Waals surface area contributed by atoms with E-state index in [0.29, 0.717) is 6.07 Å². The molecule has 0 aliphatic carbocycles. The number of halogens is 2. The molecule has 0 spiro atoms. The van der Waals surface area contributed by atoms with E-state index >= 15 is 0 Å². The summed E-state index contributed by atoms with van der Waals surface area (Å²) < 4.78 is 32.0. The zero-order valence-corrected chi connectivity index (χ0v) is 10.4. The van der Waals surface area contributed by atoms with Crippen molar-refractivity contribution in [2.45, 2.75) is 19.8 Å². The summed E-state index contributed by atoms with van der Waals surface area (Å²) in [6, 6.07) is 5.00. The number of ether oxygens (including phenoxy) is 1. The number of unbranched alkanes of at least 4 members (excludes halogenated alkanes) is 1. The van der Waals surface area contributed by atoms with Gasteiger partial charge in [-0.3, -0.25) is 0 Å². The molecular weight excluding hydrogens is 250 g/mol. The van der Waals surface area contributed by atoms with Gasteiger partial charge in [-0.2, -0.15) is 10.5 Å². The normalized spacial score (nSPS) is 9.32. The fraction of sp³-hybridized carbons (Fsp3) is 0.286. The highest BCUT2D eigenvalue weighted by Gasteiger charge is 2.12. The molecule has 0 aliphatic heterocycles. The van der Waals surface area contributed by atoms with Crippen LogP contribution in [0.2, 0.25) is 0 Å². The number of hydrogen-bond acceptors (Lipinski definition) is 3. The van der Waals surface area contributed by atoms with Crippen molar-refractivity contribution in [3.63, 3.8) is 0 Å².